The summed E-state index contributed by atoms with van der Waals surface area (Å²) in [5.74, 6) is 0. The van der Waals surface area contributed by atoms with Crippen LogP contribution in [-0.2, 0) is 0 Å². The van der Waals surface area contributed by atoms with Crippen LogP contribution in [-0.4, -0.2) is 54.1 Å². The largest absolute Gasteiger partial charge is 0.324 e. The van der Waals surface area contributed by atoms with Crippen molar-refractivity contribution in [3.8, 4) is 0 Å². The Labute approximate surface area is 100.0 Å². The third kappa shape index (κ3) is 2.96. The van der Waals surface area contributed by atoms with E-state index in [1.165, 1.54) is 45.4 Å². The lowest BCUT2D eigenvalue weighted by Gasteiger charge is -2.41. The highest BCUT2D eigenvalue weighted by atomic mass is 15.3. The fraction of sp³-hybridized carbons (Fsp3) is 1.00. The minimum absolute atomic E-state index is 0.00945. The van der Waals surface area contributed by atoms with Crippen molar-refractivity contribution in [2.24, 2.45) is 5.73 Å². The van der Waals surface area contributed by atoms with E-state index in [2.05, 4.69) is 23.6 Å². The van der Waals surface area contributed by atoms with Crippen molar-refractivity contribution in [1.29, 1.82) is 0 Å². The van der Waals surface area contributed by atoms with Gasteiger partial charge in [-0.1, -0.05) is 13.3 Å². The van der Waals surface area contributed by atoms with Crippen molar-refractivity contribution in [2.45, 2.75) is 51.1 Å². The molecule has 2 heterocycles. The van der Waals surface area contributed by atoms with Gasteiger partial charge in [0.2, 0.25) is 0 Å². The van der Waals surface area contributed by atoms with Crippen LogP contribution < -0.4 is 5.73 Å². The summed E-state index contributed by atoms with van der Waals surface area (Å²) in [5.41, 5.74) is 6.35. The average molecular weight is 225 g/mol. The zero-order chi connectivity index (χ0) is 11.6. The molecule has 2 aliphatic rings. The minimum atomic E-state index is 0.00945. The molecule has 0 radical (unpaired) electrons. The van der Waals surface area contributed by atoms with E-state index in [1.54, 1.807) is 0 Å². The maximum atomic E-state index is 6.34. The van der Waals surface area contributed by atoms with Crippen LogP contribution in [0, 0.1) is 0 Å². The molecule has 2 rings (SSSR count). The first-order valence-corrected chi connectivity index (χ1v) is 6.86. The smallest absolute Gasteiger partial charge is 0.0254 e. The summed E-state index contributed by atoms with van der Waals surface area (Å²) in [5, 5.41) is 0. The summed E-state index contributed by atoms with van der Waals surface area (Å²) in [6, 6.07) is 0.825. The van der Waals surface area contributed by atoms with Gasteiger partial charge in [0.1, 0.15) is 0 Å². The quantitative estimate of drug-likeness (QED) is 0.782. The molecule has 0 aromatic heterocycles. The maximum Gasteiger partial charge on any atom is 0.0254 e. The molecule has 0 saturated carbocycles. The van der Waals surface area contributed by atoms with Crippen LogP contribution in [0.15, 0.2) is 0 Å². The van der Waals surface area contributed by atoms with Crippen molar-refractivity contribution < 1.29 is 0 Å². The maximum absolute atomic E-state index is 6.34. The van der Waals surface area contributed by atoms with Crippen molar-refractivity contribution in [3.63, 3.8) is 0 Å². The molecule has 0 amide bonds. The van der Waals surface area contributed by atoms with Crippen LogP contribution in [0.25, 0.3) is 0 Å². The van der Waals surface area contributed by atoms with E-state index in [4.69, 9.17) is 5.73 Å². The Kier molecular flexibility index (Phi) is 3.88. The predicted molar refractivity (Wildman–Crippen MR) is 68.5 cm³/mol. The Morgan fingerprint density at radius 2 is 2.12 bits per heavy atom. The van der Waals surface area contributed by atoms with E-state index in [1.807, 2.05) is 0 Å². The zero-order valence-corrected chi connectivity index (χ0v) is 10.9. The molecular formula is C13H27N3. The molecule has 2 unspecified atom stereocenters. The molecule has 2 aliphatic heterocycles. The number of hydrogen-bond acceptors (Lipinski definition) is 3. The van der Waals surface area contributed by atoms with Gasteiger partial charge in [0.25, 0.3) is 0 Å². The van der Waals surface area contributed by atoms with Gasteiger partial charge >= 0.3 is 0 Å². The molecule has 3 nitrogen and oxygen atoms in total. The van der Waals surface area contributed by atoms with E-state index in [9.17, 15) is 0 Å². The second-order valence-corrected chi connectivity index (χ2v) is 5.97. The Bertz CT molecular complexity index is 227. The Balaban J connectivity index is 1.82. The average Bonchev–Trinajstić information content (AvgIpc) is 2.63. The van der Waals surface area contributed by atoms with E-state index in [0.29, 0.717) is 0 Å². The molecule has 2 fully saturated rings. The van der Waals surface area contributed by atoms with Gasteiger partial charge in [-0.15, -0.1) is 0 Å². The molecule has 2 N–H and O–H groups in total. The summed E-state index contributed by atoms with van der Waals surface area (Å²) in [6.45, 7) is 10.5. The van der Waals surface area contributed by atoms with Gasteiger partial charge < -0.3 is 5.73 Å². The Morgan fingerprint density at radius 1 is 1.31 bits per heavy atom. The third-order valence-electron chi connectivity index (χ3n) is 4.08. The van der Waals surface area contributed by atoms with Crippen molar-refractivity contribution >= 4 is 0 Å². The molecule has 2 saturated heterocycles. The van der Waals surface area contributed by atoms with Gasteiger partial charge in [0.05, 0.1) is 0 Å². The topological polar surface area (TPSA) is 32.5 Å². The zero-order valence-electron chi connectivity index (χ0n) is 10.9. The normalized spacial score (nSPS) is 31.3. The first-order chi connectivity index (χ1) is 7.61. The van der Waals surface area contributed by atoms with Gasteiger partial charge in [-0.25, -0.2) is 0 Å². The van der Waals surface area contributed by atoms with Gasteiger partial charge in [-0.05, 0) is 32.7 Å². The lowest BCUT2D eigenvalue weighted by atomic mass is 9.96. The molecule has 0 aromatic rings. The van der Waals surface area contributed by atoms with Gasteiger partial charge in [-0.2, -0.15) is 0 Å². The van der Waals surface area contributed by atoms with E-state index >= 15 is 0 Å². The van der Waals surface area contributed by atoms with Gasteiger partial charge in [-0.3, -0.25) is 9.80 Å². The lowest BCUT2D eigenvalue weighted by molar-refractivity contribution is 0.0866. The van der Waals surface area contributed by atoms with Crippen LogP contribution in [0.5, 0.6) is 0 Å². The first kappa shape index (κ1) is 12.3. The Morgan fingerprint density at radius 3 is 2.88 bits per heavy atom. The van der Waals surface area contributed by atoms with E-state index in [-0.39, 0.29) is 5.54 Å². The number of rotatable bonds is 4. The van der Waals surface area contributed by atoms with Crippen molar-refractivity contribution in [1.82, 2.24) is 9.80 Å². The number of fused-ring (bicyclic) bond motifs is 1. The molecule has 2 atom stereocenters. The molecular weight excluding hydrogens is 198 g/mol. The van der Waals surface area contributed by atoms with Crippen LogP contribution in [0.1, 0.15) is 39.5 Å². The standard InChI is InChI=1S/C13H27N3/c1-3-6-13(2,14)11-15-8-9-16-7-4-5-12(16)10-15/h12H,3-11,14H2,1-2H3. The predicted octanol–water partition coefficient (Wildman–Crippen LogP) is 1.28. The summed E-state index contributed by atoms with van der Waals surface area (Å²) in [4.78, 5) is 5.24. The molecule has 0 aromatic carbocycles. The monoisotopic (exact) mass is 225 g/mol. The minimum Gasteiger partial charge on any atom is -0.324 e. The van der Waals surface area contributed by atoms with E-state index in [0.717, 1.165) is 19.0 Å². The number of hydrogen-bond donors (Lipinski definition) is 1. The highest BCUT2D eigenvalue weighted by molar-refractivity contribution is 4.90. The summed E-state index contributed by atoms with van der Waals surface area (Å²) >= 11 is 0. The molecule has 94 valence electrons. The number of piperazine rings is 1. The van der Waals surface area contributed by atoms with Crippen LogP contribution in [0.3, 0.4) is 0 Å². The highest BCUT2D eigenvalue weighted by Gasteiger charge is 2.32. The van der Waals surface area contributed by atoms with Crippen LogP contribution in [0.4, 0.5) is 0 Å². The Hall–Kier alpha value is -0.120. The van der Waals surface area contributed by atoms with Crippen LogP contribution in [0.2, 0.25) is 0 Å². The SMILES string of the molecule is CCCC(C)(N)CN1CCN2CCCC2C1. The fourth-order valence-corrected chi connectivity index (χ4v) is 3.36. The molecule has 0 spiro atoms. The summed E-state index contributed by atoms with van der Waals surface area (Å²) in [7, 11) is 0. The van der Waals surface area contributed by atoms with Gasteiger partial charge in [0, 0.05) is 37.8 Å². The summed E-state index contributed by atoms with van der Waals surface area (Å²) in [6.07, 6.45) is 5.12. The number of nitrogens with zero attached hydrogens (tertiary/aromatic N) is 2. The molecule has 16 heavy (non-hydrogen) atoms. The summed E-state index contributed by atoms with van der Waals surface area (Å²) < 4.78 is 0. The third-order valence-corrected chi connectivity index (χ3v) is 4.08. The molecule has 0 bridgehead atoms. The molecule has 3 heteroatoms. The number of nitrogens with two attached hydrogens (primary N) is 1. The van der Waals surface area contributed by atoms with Gasteiger partial charge in [0.15, 0.2) is 0 Å². The lowest BCUT2D eigenvalue weighted by Crippen LogP contribution is -2.56. The van der Waals surface area contributed by atoms with Crippen molar-refractivity contribution in [3.05, 3.63) is 0 Å². The first-order valence-electron chi connectivity index (χ1n) is 6.86. The van der Waals surface area contributed by atoms with Crippen LogP contribution >= 0.6 is 0 Å². The second-order valence-electron chi connectivity index (χ2n) is 5.97. The van der Waals surface area contributed by atoms with Crippen molar-refractivity contribution in [2.75, 3.05) is 32.7 Å². The second kappa shape index (κ2) is 5.03. The highest BCUT2D eigenvalue weighted by Crippen LogP contribution is 2.22. The van der Waals surface area contributed by atoms with E-state index < -0.39 is 0 Å². The molecule has 0 aliphatic carbocycles. The fourth-order valence-electron chi connectivity index (χ4n) is 3.36.